The normalized spacial score (nSPS) is 12.1. The molecule has 0 aliphatic carbocycles. The van der Waals surface area contributed by atoms with Gasteiger partial charge in [0, 0.05) is 18.4 Å². The van der Waals surface area contributed by atoms with Gasteiger partial charge in [0.05, 0.1) is 6.61 Å². The molecule has 0 fully saturated rings. The summed E-state index contributed by atoms with van der Waals surface area (Å²) in [5, 5.41) is 0. The summed E-state index contributed by atoms with van der Waals surface area (Å²) in [6.07, 6.45) is 4.42. The van der Waals surface area contributed by atoms with E-state index in [9.17, 15) is 0 Å². The minimum Gasteiger partial charge on any atom is -0.494 e. The Morgan fingerprint density at radius 2 is 2.00 bits per heavy atom. The van der Waals surface area contributed by atoms with Crippen LogP contribution in [0.15, 0.2) is 48.8 Å². The Balaban J connectivity index is 2.02. The van der Waals surface area contributed by atoms with Gasteiger partial charge >= 0.3 is 0 Å². The first-order valence-corrected chi connectivity index (χ1v) is 6.17. The van der Waals surface area contributed by atoms with E-state index in [1.807, 2.05) is 49.5 Å². The molecule has 3 heteroatoms. The Hall–Kier alpha value is -1.87. The summed E-state index contributed by atoms with van der Waals surface area (Å²) in [7, 11) is 0. The molecule has 0 bridgehead atoms. The first-order chi connectivity index (χ1) is 8.79. The molecule has 0 aliphatic rings. The second-order valence-corrected chi connectivity index (χ2v) is 4.17. The van der Waals surface area contributed by atoms with E-state index in [4.69, 9.17) is 10.5 Å². The van der Waals surface area contributed by atoms with Gasteiger partial charge in [-0.2, -0.15) is 0 Å². The Morgan fingerprint density at radius 3 is 2.61 bits per heavy atom. The predicted octanol–water partition coefficient (Wildman–Crippen LogP) is 2.72. The second-order valence-electron chi connectivity index (χ2n) is 4.17. The van der Waals surface area contributed by atoms with E-state index in [0.29, 0.717) is 6.61 Å². The van der Waals surface area contributed by atoms with Gasteiger partial charge in [0.25, 0.3) is 0 Å². The van der Waals surface area contributed by atoms with Crippen LogP contribution >= 0.6 is 0 Å². The standard InChI is InChI=1S/C15H18N2O/c1-2-18-14-7-5-13(6-8-14)15(16)10-12-4-3-9-17-11-12/h3-9,11,15H,2,10,16H2,1H3. The van der Waals surface area contributed by atoms with E-state index in [2.05, 4.69) is 4.98 Å². The van der Waals surface area contributed by atoms with Gasteiger partial charge in [0.15, 0.2) is 0 Å². The molecule has 0 spiro atoms. The van der Waals surface area contributed by atoms with Gasteiger partial charge in [-0.25, -0.2) is 0 Å². The van der Waals surface area contributed by atoms with Crippen LogP contribution in [0.1, 0.15) is 24.1 Å². The number of rotatable bonds is 5. The van der Waals surface area contributed by atoms with E-state index in [1.165, 1.54) is 0 Å². The Morgan fingerprint density at radius 1 is 1.22 bits per heavy atom. The number of hydrogen-bond donors (Lipinski definition) is 1. The number of benzene rings is 1. The van der Waals surface area contributed by atoms with Crippen molar-refractivity contribution in [2.24, 2.45) is 5.73 Å². The van der Waals surface area contributed by atoms with E-state index >= 15 is 0 Å². The fourth-order valence-corrected chi connectivity index (χ4v) is 1.87. The SMILES string of the molecule is CCOc1ccc(C(N)Cc2cccnc2)cc1. The van der Waals surface area contributed by atoms with Crippen LogP contribution in [-0.2, 0) is 6.42 Å². The van der Waals surface area contributed by atoms with Gasteiger partial charge in [-0.3, -0.25) is 4.98 Å². The van der Waals surface area contributed by atoms with Gasteiger partial charge in [-0.1, -0.05) is 18.2 Å². The second kappa shape index (κ2) is 6.17. The molecule has 3 nitrogen and oxygen atoms in total. The maximum absolute atomic E-state index is 6.18. The van der Waals surface area contributed by atoms with Crippen LogP contribution in [0.25, 0.3) is 0 Å². The van der Waals surface area contributed by atoms with Gasteiger partial charge < -0.3 is 10.5 Å². The summed E-state index contributed by atoms with van der Waals surface area (Å²) in [6.45, 7) is 2.66. The highest BCUT2D eigenvalue weighted by Gasteiger charge is 2.07. The highest BCUT2D eigenvalue weighted by molar-refractivity contribution is 5.30. The molecule has 1 heterocycles. The van der Waals surface area contributed by atoms with Crippen molar-refractivity contribution in [3.05, 3.63) is 59.9 Å². The van der Waals surface area contributed by atoms with E-state index < -0.39 is 0 Å². The van der Waals surface area contributed by atoms with Crippen LogP contribution in [0.5, 0.6) is 5.75 Å². The quantitative estimate of drug-likeness (QED) is 0.877. The Labute approximate surface area is 108 Å². The molecule has 1 aromatic carbocycles. The van der Waals surface area contributed by atoms with Gasteiger partial charge in [-0.15, -0.1) is 0 Å². The summed E-state index contributed by atoms with van der Waals surface area (Å²) in [5.74, 6) is 0.884. The Kier molecular flexibility index (Phi) is 4.31. The maximum atomic E-state index is 6.18. The van der Waals surface area contributed by atoms with Crippen LogP contribution in [0.3, 0.4) is 0 Å². The largest absolute Gasteiger partial charge is 0.494 e. The molecule has 2 rings (SSSR count). The van der Waals surface area contributed by atoms with Gasteiger partial charge in [0.2, 0.25) is 0 Å². The van der Waals surface area contributed by atoms with Crippen molar-refractivity contribution in [1.82, 2.24) is 4.98 Å². The van der Waals surface area contributed by atoms with Crippen LogP contribution in [-0.4, -0.2) is 11.6 Å². The van der Waals surface area contributed by atoms with Crippen LogP contribution in [0.4, 0.5) is 0 Å². The predicted molar refractivity (Wildman–Crippen MR) is 72.5 cm³/mol. The number of nitrogens with zero attached hydrogens (tertiary/aromatic N) is 1. The third-order valence-electron chi connectivity index (χ3n) is 2.80. The van der Waals surface area contributed by atoms with Gasteiger partial charge in [0.1, 0.15) is 5.75 Å². The summed E-state index contributed by atoms with van der Waals surface area (Å²) >= 11 is 0. The average Bonchev–Trinajstić information content (AvgIpc) is 2.41. The third-order valence-corrected chi connectivity index (χ3v) is 2.80. The maximum Gasteiger partial charge on any atom is 0.119 e. The van der Waals surface area contributed by atoms with Crippen molar-refractivity contribution in [2.45, 2.75) is 19.4 Å². The average molecular weight is 242 g/mol. The van der Waals surface area contributed by atoms with Crippen LogP contribution < -0.4 is 10.5 Å². The van der Waals surface area contributed by atoms with E-state index in [1.54, 1.807) is 6.20 Å². The third kappa shape index (κ3) is 3.31. The zero-order valence-corrected chi connectivity index (χ0v) is 10.5. The van der Waals surface area contributed by atoms with Crippen molar-refractivity contribution in [3.63, 3.8) is 0 Å². The van der Waals surface area contributed by atoms with Crippen molar-refractivity contribution in [3.8, 4) is 5.75 Å². The first-order valence-electron chi connectivity index (χ1n) is 6.17. The first kappa shape index (κ1) is 12.6. The van der Waals surface area contributed by atoms with Crippen LogP contribution in [0.2, 0.25) is 0 Å². The van der Waals surface area contributed by atoms with Gasteiger partial charge in [-0.05, 0) is 42.7 Å². The fourth-order valence-electron chi connectivity index (χ4n) is 1.87. The lowest BCUT2D eigenvalue weighted by Gasteiger charge is -2.12. The number of nitrogens with two attached hydrogens (primary N) is 1. The molecule has 0 saturated heterocycles. The highest BCUT2D eigenvalue weighted by atomic mass is 16.5. The molecule has 2 aromatic rings. The minimum absolute atomic E-state index is 0.00937. The summed E-state index contributed by atoms with van der Waals surface area (Å²) in [6, 6.07) is 11.9. The molecule has 0 saturated carbocycles. The van der Waals surface area contributed by atoms with Crippen molar-refractivity contribution in [1.29, 1.82) is 0 Å². The summed E-state index contributed by atoms with van der Waals surface area (Å²) in [5.41, 5.74) is 8.45. The molecule has 0 radical (unpaired) electrons. The number of hydrogen-bond acceptors (Lipinski definition) is 3. The summed E-state index contributed by atoms with van der Waals surface area (Å²) in [4.78, 5) is 4.09. The lowest BCUT2D eigenvalue weighted by Crippen LogP contribution is -2.13. The zero-order chi connectivity index (χ0) is 12.8. The molecule has 0 amide bonds. The minimum atomic E-state index is -0.00937. The molecule has 1 unspecified atom stereocenters. The monoisotopic (exact) mass is 242 g/mol. The van der Waals surface area contributed by atoms with E-state index in [-0.39, 0.29) is 6.04 Å². The Bertz CT molecular complexity index is 468. The molecule has 0 aliphatic heterocycles. The molecule has 94 valence electrons. The van der Waals surface area contributed by atoms with Crippen molar-refractivity contribution < 1.29 is 4.74 Å². The lowest BCUT2D eigenvalue weighted by atomic mass is 10.0. The molecule has 1 atom stereocenters. The molecule has 1 aromatic heterocycles. The molecular formula is C15H18N2O. The van der Waals surface area contributed by atoms with E-state index in [0.717, 1.165) is 23.3 Å². The van der Waals surface area contributed by atoms with Crippen molar-refractivity contribution >= 4 is 0 Å². The molecule has 18 heavy (non-hydrogen) atoms. The lowest BCUT2D eigenvalue weighted by molar-refractivity contribution is 0.340. The highest BCUT2D eigenvalue weighted by Crippen LogP contribution is 2.19. The number of aromatic nitrogens is 1. The van der Waals surface area contributed by atoms with Crippen molar-refractivity contribution in [2.75, 3.05) is 6.61 Å². The zero-order valence-electron chi connectivity index (χ0n) is 10.5. The fraction of sp³-hybridized carbons (Fsp3) is 0.267. The smallest absolute Gasteiger partial charge is 0.119 e. The topological polar surface area (TPSA) is 48.1 Å². The number of pyridine rings is 1. The molecule has 2 N–H and O–H groups in total. The summed E-state index contributed by atoms with van der Waals surface area (Å²) < 4.78 is 5.41. The molecular weight excluding hydrogens is 224 g/mol. The number of ether oxygens (including phenoxy) is 1. The van der Waals surface area contributed by atoms with Crippen LogP contribution in [0, 0.1) is 0 Å².